The van der Waals surface area contributed by atoms with Gasteiger partial charge in [-0.1, -0.05) is 74.0 Å². The first-order chi connectivity index (χ1) is 14.2. The zero-order valence-electron chi connectivity index (χ0n) is 16.9. The molecule has 0 aromatic heterocycles. The van der Waals surface area contributed by atoms with Gasteiger partial charge in [0.2, 0.25) is 0 Å². The van der Waals surface area contributed by atoms with Gasteiger partial charge in [-0.25, -0.2) is 4.39 Å². The van der Waals surface area contributed by atoms with E-state index in [-0.39, 0.29) is 5.82 Å². The van der Waals surface area contributed by atoms with E-state index in [1.165, 1.54) is 18.4 Å². The summed E-state index contributed by atoms with van der Waals surface area (Å²) in [5, 5.41) is 1.55. The second kappa shape index (κ2) is 8.48. The van der Waals surface area contributed by atoms with Crippen molar-refractivity contribution in [1.29, 1.82) is 0 Å². The molecular weight excluding hydrogens is 359 g/mol. The molecule has 0 aliphatic carbocycles. The molecule has 0 fully saturated rings. The number of hydrogen-bond acceptors (Lipinski definition) is 1. The molecule has 4 aromatic carbocycles. The van der Waals surface area contributed by atoms with Crippen molar-refractivity contribution < 1.29 is 9.13 Å². The number of hydrogen-bond donors (Lipinski definition) is 0. The number of ether oxygens (including phenoxy) is 1. The summed E-state index contributed by atoms with van der Waals surface area (Å²) >= 11 is 0. The van der Waals surface area contributed by atoms with Crippen LogP contribution < -0.4 is 4.74 Å². The van der Waals surface area contributed by atoms with E-state index in [1.807, 2.05) is 48.5 Å². The third-order valence-corrected chi connectivity index (χ3v) is 5.46. The van der Waals surface area contributed by atoms with Crippen molar-refractivity contribution >= 4 is 10.8 Å². The highest BCUT2D eigenvalue weighted by molar-refractivity contribution is 5.91. The molecule has 0 saturated carbocycles. The zero-order chi connectivity index (χ0) is 20.2. The highest BCUT2D eigenvalue weighted by atomic mass is 19.1. The van der Waals surface area contributed by atoms with E-state index in [1.54, 1.807) is 7.11 Å². The van der Waals surface area contributed by atoms with Crippen LogP contribution >= 0.6 is 0 Å². The van der Waals surface area contributed by atoms with Gasteiger partial charge in [0.1, 0.15) is 11.6 Å². The molecule has 0 aliphatic heterocycles. The Balaban J connectivity index is 1.66. The molecule has 0 amide bonds. The minimum Gasteiger partial charge on any atom is -0.497 e. The van der Waals surface area contributed by atoms with Crippen molar-refractivity contribution in [3.8, 4) is 28.0 Å². The number of benzene rings is 4. The minimum atomic E-state index is -0.186. The number of fused-ring (bicyclic) bond motifs is 1. The largest absolute Gasteiger partial charge is 0.497 e. The van der Waals surface area contributed by atoms with E-state index < -0.39 is 0 Å². The Morgan fingerprint density at radius 1 is 0.759 bits per heavy atom. The molecule has 146 valence electrons. The molecule has 4 aromatic rings. The first-order valence-electron chi connectivity index (χ1n) is 10.2. The first-order valence-corrected chi connectivity index (χ1v) is 10.2. The van der Waals surface area contributed by atoms with Crippen molar-refractivity contribution in [3.05, 3.63) is 90.2 Å². The van der Waals surface area contributed by atoms with Gasteiger partial charge in [-0.3, -0.25) is 0 Å². The van der Waals surface area contributed by atoms with E-state index in [0.717, 1.165) is 34.2 Å². The highest BCUT2D eigenvalue weighted by Crippen LogP contribution is 2.32. The van der Waals surface area contributed by atoms with Crippen LogP contribution in [0.2, 0.25) is 0 Å². The molecule has 0 atom stereocenters. The van der Waals surface area contributed by atoms with Crippen LogP contribution in [0.15, 0.2) is 78.9 Å². The molecule has 0 unspecified atom stereocenters. The van der Waals surface area contributed by atoms with Crippen LogP contribution in [0.1, 0.15) is 25.3 Å². The second-order valence-electron chi connectivity index (χ2n) is 7.39. The van der Waals surface area contributed by atoms with E-state index in [0.29, 0.717) is 10.9 Å². The summed E-state index contributed by atoms with van der Waals surface area (Å²) in [6, 6.07) is 26.0. The lowest BCUT2D eigenvalue weighted by atomic mass is 9.96. The number of aryl methyl sites for hydroxylation is 1. The normalized spacial score (nSPS) is 11.0. The van der Waals surface area contributed by atoms with Crippen molar-refractivity contribution in [2.75, 3.05) is 7.11 Å². The maximum Gasteiger partial charge on any atom is 0.138 e. The Morgan fingerprint density at radius 2 is 1.45 bits per heavy atom. The van der Waals surface area contributed by atoms with Gasteiger partial charge in [0, 0.05) is 10.9 Å². The van der Waals surface area contributed by atoms with Crippen LogP contribution in [-0.4, -0.2) is 7.11 Å². The van der Waals surface area contributed by atoms with Crippen molar-refractivity contribution in [1.82, 2.24) is 0 Å². The Kier molecular flexibility index (Phi) is 5.62. The Labute approximate surface area is 171 Å². The summed E-state index contributed by atoms with van der Waals surface area (Å²) < 4.78 is 20.4. The maximum absolute atomic E-state index is 15.2. The lowest BCUT2D eigenvalue weighted by molar-refractivity contribution is 0.415. The maximum atomic E-state index is 15.2. The average Bonchev–Trinajstić information content (AvgIpc) is 2.78. The molecule has 0 heterocycles. The summed E-state index contributed by atoms with van der Waals surface area (Å²) in [5.74, 6) is 0.578. The van der Waals surface area contributed by atoms with Crippen molar-refractivity contribution in [2.24, 2.45) is 0 Å². The van der Waals surface area contributed by atoms with Gasteiger partial charge in [-0.2, -0.15) is 0 Å². The van der Waals surface area contributed by atoms with E-state index >= 15 is 4.39 Å². The Morgan fingerprint density at radius 3 is 2.14 bits per heavy atom. The zero-order valence-corrected chi connectivity index (χ0v) is 16.9. The SMILES string of the molecule is CCCCc1ccc(-c2ccc3c(F)c(-c4ccc(OC)cc4)ccc3c2)cc1. The van der Waals surface area contributed by atoms with E-state index in [9.17, 15) is 0 Å². The molecule has 0 saturated heterocycles. The Bertz CT molecular complexity index is 1110. The fourth-order valence-corrected chi connectivity index (χ4v) is 3.71. The molecule has 0 aliphatic rings. The molecular formula is C27H25FO. The van der Waals surface area contributed by atoms with Crippen LogP contribution in [-0.2, 0) is 6.42 Å². The van der Waals surface area contributed by atoms with Gasteiger partial charge in [0.25, 0.3) is 0 Å². The Hall–Kier alpha value is -3.13. The summed E-state index contributed by atoms with van der Waals surface area (Å²) in [5.41, 5.74) is 5.08. The van der Waals surface area contributed by atoms with E-state index in [2.05, 4.69) is 37.3 Å². The number of rotatable bonds is 6. The molecule has 4 rings (SSSR count). The summed E-state index contributed by atoms with van der Waals surface area (Å²) in [6.45, 7) is 2.21. The molecule has 1 nitrogen and oxygen atoms in total. The number of halogens is 1. The second-order valence-corrected chi connectivity index (χ2v) is 7.39. The van der Waals surface area contributed by atoms with Gasteiger partial charge < -0.3 is 4.74 Å². The number of methoxy groups -OCH3 is 1. The van der Waals surface area contributed by atoms with E-state index in [4.69, 9.17) is 4.74 Å². The van der Waals surface area contributed by atoms with Gasteiger partial charge >= 0.3 is 0 Å². The van der Waals surface area contributed by atoms with Crippen molar-refractivity contribution in [3.63, 3.8) is 0 Å². The predicted molar refractivity (Wildman–Crippen MR) is 120 cm³/mol. The first kappa shape index (κ1) is 19.2. The monoisotopic (exact) mass is 384 g/mol. The molecule has 0 radical (unpaired) electrons. The number of unbranched alkanes of at least 4 members (excludes halogenated alkanes) is 1. The van der Waals surface area contributed by atoms with Crippen LogP contribution in [0.3, 0.4) is 0 Å². The lowest BCUT2D eigenvalue weighted by Crippen LogP contribution is -1.89. The summed E-state index contributed by atoms with van der Waals surface area (Å²) in [4.78, 5) is 0. The smallest absolute Gasteiger partial charge is 0.138 e. The summed E-state index contributed by atoms with van der Waals surface area (Å²) in [6.07, 6.45) is 3.54. The highest BCUT2D eigenvalue weighted by Gasteiger charge is 2.11. The quantitative estimate of drug-likeness (QED) is 0.331. The lowest BCUT2D eigenvalue weighted by Gasteiger charge is -2.10. The van der Waals surface area contributed by atoms with Crippen LogP contribution in [0, 0.1) is 5.82 Å². The van der Waals surface area contributed by atoms with Gasteiger partial charge in [0.05, 0.1) is 7.11 Å². The predicted octanol–water partition coefficient (Wildman–Crippen LogP) is 7.66. The third-order valence-electron chi connectivity index (χ3n) is 5.46. The molecule has 0 N–H and O–H groups in total. The van der Waals surface area contributed by atoms with Gasteiger partial charge in [-0.05, 0) is 58.7 Å². The third kappa shape index (κ3) is 4.02. The van der Waals surface area contributed by atoms with Crippen LogP contribution in [0.4, 0.5) is 4.39 Å². The standard InChI is InChI=1S/C27H25FO/c1-3-4-5-19-6-8-20(9-7-19)22-12-16-26-23(18-22)13-17-25(27(26)28)21-10-14-24(29-2)15-11-21/h6-18H,3-5H2,1-2H3. The fourth-order valence-electron chi connectivity index (χ4n) is 3.71. The molecule has 0 spiro atoms. The molecule has 2 heteroatoms. The van der Waals surface area contributed by atoms with Crippen LogP contribution in [0.25, 0.3) is 33.0 Å². The van der Waals surface area contributed by atoms with Gasteiger partial charge in [0.15, 0.2) is 0 Å². The minimum absolute atomic E-state index is 0.186. The molecule has 29 heavy (non-hydrogen) atoms. The molecule has 0 bridgehead atoms. The average molecular weight is 384 g/mol. The van der Waals surface area contributed by atoms with Crippen molar-refractivity contribution in [2.45, 2.75) is 26.2 Å². The topological polar surface area (TPSA) is 9.23 Å². The van der Waals surface area contributed by atoms with Gasteiger partial charge in [-0.15, -0.1) is 0 Å². The van der Waals surface area contributed by atoms with Crippen LogP contribution in [0.5, 0.6) is 5.75 Å². The fraction of sp³-hybridized carbons (Fsp3) is 0.185. The summed E-state index contributed by atoms with van der Waals surface area (Å²) in [7, 11) is 1.63.